The molecule has 0 saturated heterocycles. The van der Waals surface area contributed by atoms with Gasteiger partial charge in [0.2, 0.25) is 0 Å². The van der Waals surface area contributed by atoms with E-state index in [1.54, 1.807) is 0 Å². The van der Waals surface area contributed by atoms with Crippen molar-refractivity contribution < 1.29 is 14.3 Å². The number of benzene rings is 3. The molecule has 1 heterocycles. The van der Waals surface area contributed by atoms with E-state index in [2.05, 4.69) is 36.2 Å². The van der Waals surface area contributed by atoms with Crippen LogP contribution in [0.3, 0.4) is 0 Å². The van der Waals surface area contributed by atoms with Gasteiger partial charge >= 0.3 is 5.97 Å². The highest BCUT2D eigenvalue weighted by molar-refractivity contribution is 7.21. The Labute approximate surface area is 201 Å². The summed E-state index contributed by atoms with van der Waals surface area (Å²) in [6.07, 6.45) is 0. The van der Waals surface area contributed by atoms with E-state index in [-0.39, 0.29) is 6.04 Å². The van der Waals surface area contributed by atoms with Gasteiger partial charge in [-0.25, -0.2) is 4.79 Å². The standard InChI is InChI=1S/C26H23ClN2O3S/c1-17(2)29(19-8-4-3-5-9-19)20-14-12-18(13-15-20)28-23(30)16-32-26(31)25-24(27)21-10-6-7-11-22(21)33-25/h3-15,17H,16H2,1-2H3,(H,28,30). The number of nitrogens with one attached hydrogen (secondary N) is 1. The highest BCUT2D eigenvalue weighted by atomic mass is 35.5. The molecule has 5 nitrogen and oxygen atoms in total. The van der Waals surface area contributed by atoms with E-state index in [9.17, 15) is 9.59 Å². The lowest BCUT2D eigenvalue weighted by molar-refractivity contribution is -0.119. The Morgan fingerprint density at radius 1 is 0.939 bits per heavy atom. The molecule has 7 heteroatoms. The van der Waals surface area contributed by atoms with Crippen LogP contribution in [0, 0.1) is 0 Å². The molecule has 4 aromatic rings. The van der Waals surface area contributed by atoms with Gasteiger partial charge in [-0.05, 0) is 56.3 Å². The molecular weight excluding hydrogens is 456 g/mol. The molecule has 168 valence electrons. The predicted octanol–water partition coefficient (Wildman–Crippen LogP) is 6.90. The lowest BCUT2D eigenvalue weighted by Gasteiger charge is -2.29. The van der Waals surface area contributed by atoms with Crippen LogP contribution in [0.5, 0.6) is 0 Å². The minimum Gasteiger partial charge on any atom is -0.451 e. The second kappa shape index (κ2) is 10.1. The molecule has 0 aliphatic carbocycles. The Bertz CT molecular complexity index is 1270. The molecular formula is C26H23ClN2O3S. The average Bonchev–Trinajstić information content (AvgIpc) is 3.16. The number of esters is 1. The number of amides is 1. The van der Waals surface area contributed by atoms with Gasteiger partial charge in [-0.1, -0.05) is 48.0 Å². The van der Waals surface area contributed by atoms with Crippen LogP contribution in [0.25, 0.3) is 10.1 Å². The molecule has 0 aliphatic heterocycles. The van der Waals surface area contributed by atoms with Crippen LogP contribution in [0.1, 0.15) is 23.5 Å². The molecule has 0 unspecified atom stereocenters. The largest absolute Gasteiger partial charge is 0.451 e. The van der Waals surface area contributed by atoms with E-state index in [0.717, 1.165) is 21.5 Å². The first-order chi connectivity index (χ1) is 15.9. The van der Waals surface area contributed by atoms with E-state index in [4.69, 9.17) is 16.3 Å². The Kier molecular flexibility index (Phi) is 6.96. The third-order valence-corrected chi connectivity index (χ3v) is 6.69. The molecule has 33 heavy (non-hydrogen) atoms. The SMILES string of the molecule is CC(C)N(c1ccccc1)c1ccc(NC(=O)COC(=O)c2sc3ccccc3c2Cl)cc1. The lowest BCUT2D eigenvalue weighted by Crippen LogP contribution is -2.25. The number of para-hydroxylation sites is 1. The van der Waals surface area contributed by atoms with Gasteiger partial charge in [0.25, 0.3) is 5.91 Å². The monoisotopic (exact) mass is 478 g/mol. The Balaban J connectivity index is 1.37. The van der Waals surface area contributed by atoms with Gasteiger partial charge in [0.1, 0.15) is 4.88 Å². The highest BCUT2D eigenvalue weighted by Gasteiger charge is 2.19. The number of anilines is 3. The predicted molar refractivity (Wildman–Crippen MR) is 136 cm³/mol. The molecule has 4 rings (SSSR count). The zero-order chi connectivity index (χ0) is 23.4. The first-order valence-electron chi connectivity index (χ1n) is 10.5. The molecule has 1 amide bonds. The van der Waals surface area contributed by atoms with Gasteiger partial charge in [0, 0.05) is 33.2 Å². The van der Waals surface area contributed by atoms with Gasteiger partial charge in [-0.3, -0.25) is 4.79 Å². The maximum Gasteiger partial charge on any atom is 0.350 e. The molecule has 0 atom stereocenters. The zero-order valence-corrected chi connectivity index (χ0v) is 19.8. The lowest BCUT2D eigenvalue weighted by atomic mass is 10.2. The van der Waals surface area contributed by atoms with Crippen LogP contribution in [-0.2, 0) is 9.53 Å². The number of rotatable bonds is 7. The van der Waals surface area contributed by atoms with Gasteiger partial charge < -0.3 is 15.0 Å². The fourth-order valence-electron chi connectivity index (χ4n) is 3.58. The van der Waals surface area contributed by atoms with Gasteiger partial charge in [-0.15, -0.1) is 11.3 Å². The molecule has 0 radical (unpaired) electrons. The summed E-state index contributed by atoms with van der Waals surface area (Å²) >= 11 is 7.56. The minimum atomic E-state index is -0.609. The van der Waals surface area contributed by atoms with E-state index in [0.29, 0.717) is 15.6 Å². The Morgan fingerprint density at radius 2 is 1.58 bits per heavy atom. The fourth-order valence-corrected chi connectivity index (χ4v) is 4.98. The van der Waals surface area contributed by atoms with E-state index in [1.807, 2.05) is 66.7 Å². The molecule has 1 N–H and O–H groups in total. The number of halogens is 1. The summed E-state index contributed by atoms with van der Waals surface area (Å²) in [5.74, 6) is -1.03. The molecule has 3 aromatic carbocycles. The van der Waals surface area contributed by atoms with Crippen LogP contribution in [0.4, 0.5) is 17.1 Å². The van der Waals surface area contributed by atoms with Crippen molar-refractivity contribution >= 4 is 62.0 Å². The summed E-state index contributed by atoms with van der Waals surface area (Å²) < 4.78 is 6.08. The third-order valence-electron chi connectivity index (χ3n) is 5.03. The first kappa shape index (κ1) is 22.8. The number of thiophene rings is 1. The summed E-state index contributed by atoms with van der Waals surface area (Å²) in [4.78, 5) is 27.3. The van der Waals surface area contributed by atoms with Crippen LogP contribution in [-0.4, -0.2) is 24.5 Å². The normalized spacial score (nSPS) is 10.9. The van der Waals surface area contributed by atoms with E-state index < -0.39 is 18.5 Å². The van der Waals surface area contributed by atoms with E-state index >= 15 is 0 Å². The molecule has 1 aromatic heterocycles. The quantitative estimate of drug-likeness (QED) is 0.293. The van der Waals surface area contributed by atoms with Crippen molar-refractivity contribution in [1.29, 1.82) is 0 Å². The van der Waals surface area contributed by atoms with Crippen LogP contribution in [0.15, 0.2) is 78.9 Å². The van der Waals surface area contributed by atoms with Crippen LogP contribution >= 0.6 is 22.9 Å². The van der Waals surface area contributed by atoms with E-state index in [1.165, 1.54) is 11.3 Å². The van der Waals surface area contributed by atoms with Crippen molar-refractivity contribution in [3.05, 3.63) is 88.8 Å². The molecule has 0 aliphatic rings. The number of fused-ring (bicyclic) bond motifs is 1. The number of hydrogen-bond acceptors (Lipinski definition) is 5. The summed E-state index contributed by atoms with van der Waals surface area (Å²) in [5, 5.41) is 3.91. The van der Waals surface area contributed by atoms with Crippen molar-refractivity contribution in [2.24, 2.45) is 0 Å². The van der Waals surface area contributed by atoms with Crippen LogP contribution < -0.4 is 10.2 Å². The number of hydrogen-bond donors (Lipinski definition) is 1. The van der Waals surface area contributed by atoms with Crippen molar-refractivity contribution in [1.82, 2.24) is 0 Å². The van der Waals surface area contributed by atoms with Crippen LogP contribution in [0.2, 0.25) is 5.02 Å². The number of ether oxygens (including phenoxy) is 1. The summed E-state index contributed by atoms with van der Waals surface area (Å²) in [6.45, 7) is 3.85. The van der Waals surface area contributed by atoms with Crippen molar-refractivity contribution in [2.45, 2.75) is 19.9 Å². The highest BCUT2D eigenvalue weighted by Crippen LogP contribution is 2.35. The second-order valence-corrected chi connectivity index (χ2v) is 9.14. The summed E-state index contributed by atoms with van der Waals surface area (Å²) in [6, 6.07) is 25.4. The Hall–Kier alpha value is -3.35. The second-order valence-electron chi connectivity index (χ2n) is 7.71. The summed E-state index contributed by atoms with van der Waals surface area (Å²) in [7, 11) is 0. The van der Waals surface area contributed by atoms with Crippen molar-refractivity contribution in [3.63, 3.8) is 0 Å². The van der Waals surface area contributed by atoms with Crippen molar-refractivity contribution in [3.8, 4) is 0 Å². The Morgan fingerprint density at radius 3 is 2.24 bits per heavy atom. The third kappa shape index (κ3) is 5.18. The van der Waals surface area contributed by atoms with Crippen molar-refractivity contribution in [2.75, 3.05) is 16.8 Å². The minimum absolute atomic E-state index is 0.257. The number of carbonyl (C=O) groups excluding carboxylic acids is 2. The number of nitrogens with zero attached hydrogens (tertiary/aromatic N) is 1. The van der Waals surface area contributed by atoms with Gasteiger partial charge in [0.05, 0.1) is 5.02 Å². The van der Waals surface area contributed by atoms with Gasteiger partial charge in [0.15, 0.2) is 6.61 Å². The first-order valence-corrected chi connectivity index (χ1v) is 11.7. The molecule has 0 spiro atoms. The maximum atomic E-state index is 12.4. The maximum absolute atomic E-state index is 12.4. The average molecular weight is 479 g/mol. The zero-order valence-electron chi connectivity index (χ0n) is 18.2. The fraction of sp³-hybridized carbons (Fsp3) is 0.154. The molecule has 0 bridgehead atoms. The summed E-state index contributed by atoms with van der Waals surface area (Å²) in [5.41, 5.74) is 2.73. The topological polar surface area (TPSA) is 58.6 Å². The smallest absolute Gasteiger partial charge is 0.350 e. The molecule has 0 saturated carbocycles. The number of carbonyl (C=O) groups is 2. The van der Waals surface area contributed by atoms with Gasteiger partial charge in [-0.2, -0.15) is 0 Å². The molecule has 0 fully saturated rings.